The zero-order valence-corrected chi connectivity index (χ0v) is 10.1. The zero-order chi connectivity index (χ0) is 12.5. The number of likely N-dealkylation sites (tertiary alicyclic amines) is 1. The number of aliphatic carboxylic acids is 1. The first kappa shape index (κ1) is 12.4. The van der Waals surface area contributed by atoms with Crippen LogP contribution in [0.3, 0.4) is 0 Å². The van der Waals surface area contributed by atoms with Gasteiger partial charge in [0.1, 0.15) is 5.41 Å². The van der Waals surface area contributed by atoms with Crippen molar-refractivity contribution in [3.05, 3.63) is 0 Å². The third kappa shape index (κ3) is 2.29. The van der Waals surface area contributed by atoms with Gasteiger partial charge in [-0.25, -0.2) is 0 Å². The lowest BCUT2D eigenvalue weighted by Crippen LogP contribution is -2.39. The van der Waals surface area contributed by atoms with Crippen LogP contribution in [0.15, 0.2) is 0 Å². The third-order valence-electron chi connectivity index (χ3n) is 3.70. The molecule has 2 aliphatic rings. The van der Waals surface area contributed by atoms with Crippen molar-refractivity contribution in [1.82, 2.24) is 4.90 Å². The first-order valence-electron chi connectivity index (χ1n) is 6.20. The second-order valence-corrected chi connectivity index (χ2v) is 4.95. The number of nitrogens with zero attached hydrogens (tertiary/aromatic N) is 1. The minimum Gasteiger partial charge on any atom is -0.480 e. The molecule has 0 aromatic heterocycles. The molecule has 1 N–H and O–H groups in total. The van der Waals surface area contributed by atoms with Gasteiger partial charge in [-0.05, 0) is 26.2 Å². The first-order chi connectivity index (χ1) is 8.10. The molecule has 2 rings (SSSR count). The van der Waals surface area contributed by atoms with Gasteiger partial charge in [0.15, 0.2) is 0 Å². The summed E-state index contributed by atoms with van der Waals surface area (Å²) >= 11 is 0. The Morgan fingerprint density at radius 1 is 1.47 bits per heavy atom. The summed E-state index contributed by atoms with van der Waals surface area (Å²) in [5, 5.41) is 9.07. The Hall–Kier alpha value is -1.10. The number of carbonyl (C=O) groups is 2. The summed E-state index contributed by atoms with van der Waals surface area (Å²) < 4.78 is 5.34. The second kappa shape index (κ2) is 4.64. The number of hydrogen-bond donors (Lipinski definition) is 1. The minimum absolute atomic E-state index is 0.191. The highest BCUT2D eigenvalue weighted by Crippen LogP contribution is 2.48. The van der Waals surface area contributed by atoms with Crippen LogP contribution in [0.4, 0.5) is 0 Å². The molecular formula is C12H19NO4. The fourth-order valence-electron chi connectivity index (χ4n) is 2.38. The molecule has 2 fully saturated rings. The van der Waals surface area contributed by atoms with Gasteiger partial charge in [-0.3, -0.25) is 9.59 Å². The quantitative estimate of drug-likeness (QED) is 0.721. The normalized spacial score (nSPS) is 25.9. The largest absolute Gasteiger partial charge is 0.480 e. The van der Waals surface area contributed by atoms with E-state index in [2.05, 4.69) is 0 Å². The van der Waals surface area contributed by atoms with Gasteiger partial charge in [-0.15, -0.1) is 0 Å². The summed E-state index contributed by atoms with van der Waals surface area (Å²) in [7, 11) is 0. The Labute approximate surface area is 101 Å². The van der Waals surface area contributed by atoms with E-state index in [-0.39, 0.29) is 5.91 Å². The molecule has 1 amide bonds. The fraction of sp³-hybridized carbons (Fsp3) is 0.833. The van der Waals surface area contributed by atoms with Crippen LogP contribution in [0.25, 0.3) is 0 Å². The smallest absolute Gasteiger partial charge is 0.319 e. The van der Waals surface area contributed by atoms with Crippen LogP contribution in [-0.2, 0) is 14.3 Å². The van der Waals surface area contributed by atoms with E-state index >= 15 is 0 Å². The highest BCUT2D eigenvalue weighted by atomic mass is 16.5. The van der Waals surface area contributed by atoms with E-state index < -0.39 is 11.4 Å². The highest BCUT2D eigenvalue weighted by Gasteiger charge is 2.59. The van der Waals surface area contributed by atoms with Crippen LogP contribution in [0, 0.1) is 11.3 Å². The van der Waals surface area contributed by atoms with E-state index in [1.165, 1.54) is 0 Å². The lowest BCUT2D eigenvalue weighted by molar-refractivity contribution is -0.153. The molecule has 0 spiro atoms. The lowest BCUT2D eigenvalue weighted by Gasteiger charge is -2.20. The van der Waals surface area contributed by atoms with Gasteiger partial charge in [0, 0.05) is 25.6 Å². The summed E-state index contributed by atoms with van der Waals surface area (Å²) in [5.74, 6) is -0.789. The molecular weight excluding hydrogens is 222 g/mol. The summed E-state index contributed by atoms with van der Waals surface area (Å²) in [5.41, 5.74) is -1.08. The molecule has 0 unspecified atom stereocenters. The summed E-state index contributed by atoms with van der Waals surface area (Å²) in [6.45, 7) is 4.62. The average Bonchev–Trinajstić information content (AvgIpc) is 2.99. The molecule has 0 bridgehead atoms. The molecule has 5 nitrogen and oxygen atoms in total. The van der Waals surface area contributed by atoms with Crippen molar-refractivity contribution in [3.63, 3.8) is 0 Å². The molecule has 1 atom stereocenters. The molecule has 0 aromatic carbocycles. The van der Waals surface area contributed by atoms with Crippen LogP contribution in [0.2, 0.25) is 0 Å². The number of carbonyl (C=O) groups excluding carboxylic acids is 1. The molecule has 17 heavy (non-hydrogen) atoms. The van der Waals surface area contributed by atoms with Gasteiger partial charge < -0.3 is 14.7 Å². The van der Waals surface area contributed by atoms with Crippen LogP contribution in [-0.4, -0.2) is 48.2 Å². The zero-order valence-electron chi connectivity index (χ0n) is 10.1. The summed E-state index contributed by atoms with van der Waals surface area (Å²) in [6, 6.07) is 0. The molecule has 1 heterocycles. The third-order valence-corrected chi connectivity index (χ3v) is 3.70. The van der Waals surface area contributed by atoms with Crippen molar-refractivity contribution in [3.8, 4) is 0 Å². The number of hydrogen-bond acceptors (Lipinski definition) is 3. The molecule has 1 saturated heterocycles. The molecule has 96 valence electrons. The SMILES string of the molecule is CCOC[C@@H]1CCN(C(=O)C2(C(=O)O)CC2)C1. The van der Waals surface area contributed by atoms with Crippen LogP contribution >= 0.6 is 0 Å². The van der Waals surface area contributed by atoms with Gasteiger partial charge >= 0.3 is 5.97 Å². The predicted molar refractivity (Wildman–Crippen MR) is 60.5 cm³/mol. The molecule has 0 aromatic rings. The van der Waals surface area contributed by atoms with Crippen molar-refractivity contribution in [2.75, 3.05) is 26.3 Å². The van der Waals surface area contributed by atoms with Crippen LogP contribution < -0.4 is 0 Å². The van der Waals surface area contributed by atoms with Crippen LogP contribution in [0.1, 0.15) is 26.2 Å². The number of rotatable bonds is 5. The lowest BCUT2D eigenvalue weighted by atomic mass is 10.1. The van der Waals surface area contributed by atoms with Crippen molar-refractivity contribution in [1.29, 1.82) is 0 Å². The van der Waals surface area contributed by atoms with Crippen molar-refractivity contribution >= 4 is 11.9 Å². The van der Waals surface area contributed by atoms with Crippen molar-refractivity contribution in [2.45, 2.75) is 26.2 Å². The Morgan fingerprint density at radius 3 is 2.71 bits per heavy atom. The molecule has 0 radical (unpaired) electrons. The number of ether oxygens (including phenoxy) is 1. The maximum atomic E-state index is 12.1. The standard InChI is InChI=1S/C12H19NO4/c1-2-17-8-9-3-6-13(7-9)10(14)12(4-5-12)11(15)16/h9H,2-8H2,1H3,(H,15,16)/t9-/m1/s1. The van der Waals surface area contributed by atoms with Crippen molar-refractivity contribution in [2.24, 2.45) is 11.3 Å². The van der Waals surface area contributed by atoms with E-state index in [0.717, 1.165) is 6.42 Å². The van der Waals surface area contributed by atoms with E-state index in [0.29, 0.717) is 45.1 Å². The molecule has 1 aliphatic carbocycles. The van der Waals surface area contributed by atoms with E-state index in [1.807, 2.05) is 6.92 Å². The fourth-order valence-corrected chi connectivity index (χ4v) is 2.38. The Morgan fingerprint density at radius 2 is 2.18 bits per heavy atom. The Kier molecular flexibility index (Phi) is 3.38. The van der Waals surface area contributed by atoms with E-state index in [9.17, 15) is 9.59 Å². The van der Waals surface area contributed by atoms with Gasteiger partial charge in [0.2, 0.25) is 5.91 Å². The Bertz CT molecular complexity index is 324. The molecule has 5 heteroatoms. The summed E-state index contributed by atoms with van der Waals surface area (Å²) in [6.07, 6.45) is 1.91. The monoisotopic (exact) mass is 241 g/mol. The molecule has 1 aliphatic heterocycles. The van der Waals surface area contributed by atoms with E-state index in [1.54, 1.807) is 4.90 Å². The topological polar surface area (TPSA) is 66.8 Å². The van der Waals surface area contributed by atoms with Crippen LogP contribution in [0.5, 0.6) is 0 Å². The Balaban J connectivity index is 1.88. The maximum absolute atomic E-state index is 12.1. The summed E-state index contributed by atoms with van der Waals surface area (Å²) in [4.78, 5) is 24.9. The first-order valence-corrected chi connectivity index (χ1v) is 6.20. The number of amides is 1. The highest BCUT2D eigenvalue weighted by molar-refractivity contribution is 6.04. The van der Waals surface area contributed by atoms with Gasteiger partial charge in [-0.2, -0.15) is 0 Å². The second-order valence-electron chi connectivity index (χ2n) is 4.95. The number of carboxylic acids is 1. The number of carboxylic acid groups (broad SMARTS) is 1. The minimum atomic E-state index is -1.08. The maximum Gasteiger partial charge on any atom is 0.319 e. The van der Waals surface area contributed by atoms with Gasteiger partial charge in [-0.1, -0.05) is 0 Å². The van der Waals surface area contributed by atoms with Gasteiger partial charge in [0.05, 0.1) is 6.61 Å². The predicted octanol–water partition coefficient (Wildman–Crippen LogP) is 0.736. The van der Waals surface area contributed by atoms with E-state index in [4.69, 9.17) is 9.84 Å². The molecule has 1 saturated carbocycles. The van der Waals surface area contributed by atoms with Gasteiger partial charge in [0.25, 0.3) is 0 Å². The average molecular weight is 241 g/mol. The van der Waals surface area contributed by atoms with Crippen molar-refractivity contribution < 1.29 is 19.4 Å².